The minimum absolute atomic E-state index is 0.0264. The molecule has 1 N–H and O–H groups in total. The fraction of sp³-hybridized carbons (Fsp3) is 0.857. The lowest BCUT2D eigenvalue weighted by Crippen LogP contribution is -2.71. The Morgan fingerprint density at radius 3 is 2.42 bits per heavy atom. The van der Waals surface area contributed by atoms with Crippen molar-refractivity contribution < 1.29 is 24.2 Å². The molecule has 0 aliphatic heterocycles. The molecule has 0 aromatic rings. The van der Waals surface area contributed by atoms with E-state index in [4.69, 9.17) is 9.47 Å². The van der Waals surface area contributed by atoms with E-state index in [9.17, 15) is 14.7 Å². The summed E-state index contributed by atoms with van der Waals surface area (Å²) in [6.45, 7) is 20.9. The van der Waals surface area contributed by atoms with E-state index < -0.39 is 16.6 Å². The molecule has 5 nitrogen and oxygen atoms in total. The molecule has 0 aromatic heterocycles. The maximum absolute atomic E-state index is 14.2. The van der Waals surface area contributed by atoms with Crippen molar-refractivity contribution in [1.29, 1.82) is 0 Å². The highest BCUT2D eigenvalue weighted by atomic mass is 16.6. The molecule has 0 unspecified atom stereocenters. The topological polar surface area (TPSA) is 72.8 Å². The lowest BCUT2D eigenvalue weighted by Gasteiger charge is -2.69. The average Bonchev–Trinajstić information content (AvgIpc) is 2.75. The molecule has 0 heterocycles. The fourth-order valence-electron chi connectivity index (χ4n) is 9.44. The third kappa shape index (κ3) is 3.24. The molecule has 33 heavy (non-hydrogen) atoms. The van der Waals surface area contributed by atoms with E-state index in [2.05, 4.69) is 41.2 Å². The highest BCUT2D eigenvalue weighted by Gasteiger charge is 2.78. The number of hydrogen-bond acceptors (Lipinski definition) is 5. The number of rotatable bonds is 4. The summed E-state index contributed by atoms with van der Waals surface area (Å²) in [6.07, 6.45) is 3.92. The molecule has 4 aliphatic rings. The van der Waals surface area contributed by atoms with E-state index >= 15 is 0 Å². The van der Waals surface area contributed by atoms with Crippen LogP contribution >= 0.6 is 0 Å². The molecule has 4 aliphatic carbocycles. The number of ketones is 1. The third-order valence-electron chi connectivity index (χ3n) is 10.5. The van der Waals surface area contributed by atoms with E-state index in [1.165, 1.54) is 6.92 Å². The predicted molar refractivity (Wildman–Crippen MR) is 127 cm³/mol. The molecule has 7 atom stereocenters. The first-order valence-corrected chi connectivity index (χ1v) is 12.8. The molecule has 0 aromatic carbocycles. The predicted octanol–water partition coefficient (Wildman–Crippen LogP) is 5.30. The van der Waals surface area contributed by atoms with Crippen LogP contribution < -0.4 is 0 Å². The standard InChI is InChI=1S/C28H44O5/c1-16-19-13-20(30)23-27(15-32-18(3)29)12-10-11-24(4,5)21(27)14-22(33-26(8,9)31)28(23,17(19)2)25(16,6)7/h17,19,21-23,31H,1,10-15H2,2-9H3/t17-,19+,21-,22-,23+,27+,28+/m1/s1. The Labute approximate surface area is 199 Å². The summed E-state index contributed by atoms with van der Waals surface area (Å²) >= 11 is 0. The Morgan fingerprint density at radius 2 is 1.85 bits per heavy atom. The first-order valence-electron chi connectivity index (χ1n) is 12.8. The van der Waals surface area contributed by atoms with Gasteiger partial charge in [-0.1, -0.05) is 53.2 Å². The summed E-state index contributed by atoms with van der Waals surface area (Å²) in [5.41, 5.74) is -0.174. The number of carbonyl (C=O) groups is 2. The quantitative estimate of drug-likeness (QED) is 0.350. The van der Waals surface area contributed by atoms with Gasteiger partial charge in [-0.05, 0) is 61.7 Å². The smallest absolute Gasteiger partial charge is 0.302 e. The van der Waals surface area contributed by atoms with Crippen molar-refractivity contribution in [1.82, 2.24) is 0 Å². The Bertz CT molecular complexity index is 864. The lowest BCUT2D eigenvalue weighted by molar-refractivity contribution is -0.307. The van der Waals surface area contributed by atoms with Crippen molar-refractivity contribution in [2.45, 2.75) is 99.4 Å². The first kappa shape index (κ1) is 24.9. The molecule has 4 fully saturated rings. The summed E-state index contributed by atoms with van der Waals surface area (Å²) in [5.74, 6) is -1.17. The van der Waals surface area contributed by atoms with Crippen LogP contribution in [-0.4, -0.2) is 35.4 Å². The molecule has 0 saturated heterocycles. The van der Waals surface area contributed by atoms with Crippen LogP contribution in [0.15, 0.2) is 12.2 Å². The number of ether oxygens (including phenoxy) is 2. The van der Waals surface area contributed by atoms with Gasteiger partial charge in [0.15, 0.2) is 5.79 Å². The Balaban J connectivity index is 2.00. The normalized spacial score (nSPS) is 43.6. The minimum atomic E-state index is -1.31. The number of esters is 1. The summed E-state index contributed by atoms with van der Waals surface area (Å²) in [7, 11) is 0. The zero-order chi connectivity index (χ0) is 24.8. The minimum Gasteiger partial charge on any atom is -0.465 e. The summed E-state index contributed by atoms with van der Waals surface area (Å²) in [6, 6.07) is 0. The second kappa shape index (κ2) is 7.40. The number of Topliss-reactive ketones (excluding diaryl/α,β-unsaturated/α-hetero) is 1. The largest absolute Gasteiger partial charge is 0.465 e. The van der Waals surface area contributed by atoms with Crippen LogP contribution in [-0.2, 0) is 19.1 Å². The zero-order valence-corrected chi connectivity index (χ0v) is 21.9. The van der Waals surface area contributed by atoms with Gasteiger partial charge in [0.25, 0.3) is 0 Å². The molecule has 0 radical (unpaired) electrons. The van der Waals surface area contributed by atoms with Gasteiger partial charge in [0, 0.05) is 30.1 Å². The summed E-state index contributed by atoms with van der Waals surface area (Å²) in [4.78, 5) is 26.2. The van der Waals surface area contributed by atoms with Gasteiger partial charge in [-0.15, -0.1) is 0 Å². The molecular formula is C28H44O5. The molecule has 5 heteroatoms. The maximum atomic E-state index is 14.2. The van der Waals surface area contributed by atoms with Crippen LogP contribution in [0, 0.1) is 45.3 Å². The summed E-state index contributed by atoms with van der Waals surface area (Å²) < 4.78 is 12.3. The highest BCUT2D eigenvalue weighted by molar-refractivity contribution is 5.86. The highest BCUT2D eigenvalue weighted by Crippen LogP contribution is 2.78. The van der Waals surface area contributed by atoms with E-state index in [0.29, 0.717) is 6.42 Å². The van der Waals surface area contributed by atoms with Crippen LogP contribution in [0.25, 0.3) is 0 Å². The fourth-order valence-corrected chi connectivity index (χ4v) is 9.44. The van der Waals surface area contributed by atoms with Crippen molar-refractivity contribution in [3.8, 4) is 0 Å². The molecular weight excluding hydrogens is 416 g/mol. The van der Waals surface area contributed by atoms with E-state index in [1.54, 1.807) is 13.8 Å². The number of hydrogen-bond donors (Lipinski definition) is 1. The number of fused-ring (bicyclic) bond motifs is 3. The van der Waals surface area contributed by atoms with Gasteiger partial charge >= 0.3 is 5.97 Å². The van der Waals surface area contributed by atoms with Crippen molar-refractivity contribution >= 4 is 11.8 Å². The Hall–Kier alpha value is -1.20. The third-order valence-corrected chi connectivity index (χ3v) is 10.5. The number of allylic oxidation sites excluding steroid dienone is 1. The van der Waals surface area contributed by atoms with Crippen molar-refractivity contribution in [3.63, 3.8) is 0 Å². The summed E-state index contributed by atoms with van der Waals surface area (Å²) in [5, 5.41) is 10.8. The average molecular weight is 461 g/mol. The van der Waals surface area contributed by atoms with Crippen LogP contribution in [0.5, 0.6) is 0 Å². The van der Waals surface area contributed by atoms with E-state index in [1.807, 2.05) is 0 Å². The van der Waals surface area contributed by atoms with E-state index in [0.717, 1.165) is 31.3 Å². The van der Waals surface area contributed by atoms with Gasteiger partial charge in [-0.2, -0.15) is 0 Å². The maximum Gasteiger partial charge on any atom is 0.302 e. The van der Waals surface area contributed by atoms with Crippen molar-refractivity contribution in [2.24, 2.45) is 45.3 Å². The second-order valence-corrected chi connectivity index (χ2v) is 13.3. The monoisotopic (exact) mass is 460 g/mol. The Morgan fingerprint density at radius 1 is 1.21 bits per heavy atom. The van der Waals surface area contributed by atoms with Gasteiger partial charge in [0.2, 0.25) is 0 Å². The van der Waals surface area contributed by atoms with Crippen LogP contribution in [0.2, 0.25) is 0 Å². The molecule has 0 amide bonds. The second-order valence-electron chi connectivity index (χ2n) is 13.3. The van der Waals surface area contributed by atoms with Gasteiger partial charge in [0.1, 0.15) is 5.78 Å². The number of carbonyl (C=O) groups excluding carboxylic acids is 2. The molecule has 1 spiro atoms. The molecule has 2 bridgehead atoms. The van der Waals surface area contributed by atoms with Crippen molar-refractivity contribution in [3.05, 3.63) is 12.2 Å². The number of aliphatic hydroxyl groups is 1. The van der Waals surface area contributed by atoms with Gasteiger partial charge in [-0.3, -0.25) is 9.59 Å². The zero-order valence-electron chi connectivity index (χ0n) is 21.9. The first-order chi connectivity index (χ1) is 15.0. The van der Waals surface area contributed by atoms with Crippen molar-refractivity contribution in [2.75, 3.05) is 6.61 Å². The van der Waals surface area contributed by atoms with Crippen LogP contribution in [0.4, 0.5) is 0 Å². The molecule has 4 rings (SSSR count). The van der Waals surface area contributed by atoms with Crippen LogP contribution in [0.1, 0.15) is 87.5 Å². The lowest BCUT2D eigenvalue weighted by atomic mass is 9.35. The van der Waals surface area contributed by atoms with Gasteiger partial charge in [0.05, 0.1) is 12.7 Å². The van der Waals surface area contributed by atoms with E-state index in [-0.39, 0.29) is 59.0 Å². The molecule has 4 saturated carbocycles. The molecule has 186 valence electrons. The Kier molecular flexibility index (Phi) is 5.59. The van der Waals surface area contributed by atoms with Gasteiger partial charge < -0.3 is 14.6 Å². The SMILES string of the molecule is C=C1[C@@H]2CC(=O)[C@H]3[C@]4(COC(C)=O)CCCC(C)(C)[C@H]4C[C@@H](OC(C)(C)O)[C@]3([C@@H]2C)C1(C)C. The van der Waals surface area contributed by atoms with Gasteiger partial charge in [-0.25, -0.2) is 0 Å². The van der Waals surface area contributed by atoms with Crippen LogP contribution in [0.3, 0.4) is 0 Å².